The number of rotatable bonds is 6. The van der Waals surface area contributed by atoms with Crippen molar-refractivity contribution in [2.45, 2.75) is 38.6 Å². The van der Waals surface area contributed by atoms with Crippen molar-refractivity contribution in [3.8, 4) is 5.75 Å². The number of para-hydroxylation sites is 1. The molecule has 8 heteroatoms. The quantitative estimate of drug-likeness (QED) is 0.707. The van der Waals surface area contributed by atoms with Gasteiger partial charge in [0, 0.05) is 42.9 Å². The number of benzene rings is 1. The first-order valence-corrected chi connectivity index (χ1v) is 10.6. The highest BCUT2D eigenvalue weighted by atomic mass is 16.5. The van der Waals surface area contributed by atoms with Crippen LogP contribution in [0.15, 0.2) is 24.3 Å². The van der Waals surface area contributed by atoms with Crippen LogP contribution in [-0.4, -0.2) is 60.6 Å². The first-order valence-electron chi connectivity index (χ1n) is 10.6. The number of hydrogen-bond acceptors (Lipinski definition) is 6. The fourth-order valence-electron chi connectivity index (χ4n) is 4.38. The van der Waals surface area contributed by atoms with Crippen molar-refractivity contribution in [3.63, 3.8) is 0 Å². The fourth-order valence-corrected chi connectivity index (χ4v) is 4.38. The van der Waals surface area contributed by atoms with Crippen molar-refractivity contribution < 1.29 is 19.1 Å². The van der Waals surface area contributed by atoms with Crippen molar-refractivity contribution in [3.05, 3.63) is 46.9 Å². The maximum absolute atomic E-state index is 12.8. The van der Waals surface area contributed by atoms with Crippen LogP contribution in [-0.2, 0) is 27.3 Å². The second-order valence-corrected chi connectivity index (χ2v) is 8.05. The minimum absolute atomic E-state index is 0.0102. The molecule has 0 bridgehead atoms. The van der Waals surface area contributed by atoms with E-state index in [0.717, 1.165) is 42.0 Å². The molecule has 0 radical (unpaired) electrons. The monoisotopic (exact) mass is 424 g/mol. The van der Waals surface area contributed by atoms with Gasteiger partial charge in [-0.1, -0.05) is 18.2 Å². The number of hydrogen-bond donors (Lipinski definition) is 0. The third-order valence-corrected chi connectivity index (χ3v) is 6.02. The Morgan fingerprint density at radius 1 is 1.23 bits per heavy atom. The molecule has 4 rings (SSSR count). The third-order valence-electron chi connectivity index (χ3n) is 6.02. The van der Waals surface area contributed by atoms with Crippen molar-refractivity contribution in [1.82, 2.24) is 14.9 Å². The zero-order chi connectivity index (χ0) is 22.0. The number of amides is 2. The highest BCUT2D eigenvalue weighted by Crippen LogP contribution is 2.34. The van der Waals surface area contributed by atoms with Crippen LogP contribution in [0.5, 0.6) is 5.75 Å². The highest BCUT2D eigenvalue weighted by molar-refractivity contribution is 6.00. The van der Waals surface area contributed by atoms with Gasteiger partial charge in [-0.25, -0.2) is 9.97 Å². The van der Waals surface area contributed by atoms with Gasteiger partial charge in [-0.2, -0.15) is 0 Å². The molecule has 164 valence electrons. The molecule has 0 saturated carbocycles. The SMILES string of the molecule is COCC(=O)N1CCC[C@H](c2nc(C)c3c(n2)N(Cc2ccccc2OC)C(=O)C3)C1. The van der Waals surface area contributed by atoms with E-state index in [-0.39, 0.29) is 24.3 Å². The van der Waals surface area contributed by atoms with Gasteiger partial charge in [0.15, 0.2) is 0 Å². The average Bonchev–Trinajstić information content (AvgIpc) is 3.10. The van der Waals surface area contributed by atoms with E-state index < -0.39 is 0 Å². The van der Waals surface area contributed by atoms with Crippen LogP contribution in [0.1, 0.15) is 41.4 Å². The molecule has 0 spiro atoms. The molecule has 1 fully saturated rings. The summed E-state index contributed by atoms with van der Waals surface area (Å²) in [5.41, 5.74) is 2.64. The van der Waals surface area contributed by atoms with Gasteiger partial charge in [-0.3, -0.25) is 14.5 Å². The number of nitrogens with zero attached hydrogens (tertiary/aromatic N) is 4. The number of carbonyl (C=O) groups is 2. The van der Waals surface area contributed by atoms with Crippen LogP contribution in [0, 0.1) is 6.92 Å². The van der Waals surface area contributed by atoms with Crippen LogP contribution < -0.4 is 9.64 Å². The lowest BCUT2D eigenvalue weighted by atomic mass is 9.96. The smallest absolute Gasteiger partial charge is 0.248 e. The molecule has 1 saturated heterocycles. The molecule has 3 heterocycles. The first-order chi connectivity index (χ1) is 15.0. The van der Waals surface area contributed by atoms with Crippen LogP contribution in [0.25, 0.3) is 0 Å². The zero-order valence-electron chi connectivity index (χ0n) is 18.3. The number of fused-ring (bicyclic) bond motifs is 1. The maximum atomic E-state index is 12.8. The minimum atomic E-state index is -0.0157. The Morgan fingerprint density at radius 2 is 2.03 bits per heavy atom. The van der Waals surface area contributed by atoms with Crippen LogP contribution in [0.4, 0.5) is 5.82 Å². The van der Waals surface area contributed by atoms with E-state index in [2.05, 4.69) is 0 Å². The standard InChI is InChI=1S/C23H28N4O4/c1-15-18-11-20(28)27(13-16-7-4-5-9-19(16)31-3)23(18)25-22(24-15)17-8-6-10-26(12-17)21(29)14-30-2/h4-5,7,9,17H,6,8,10-14H2,1-3H3/t17-/m0/s1. The lowest BCUT2D eigenvalue weighted by Gasteiger charge is -2.32. The van der Waals surface area contributed by atoms with Gasteiger partial charge in [-0.05, 0) is 25.8 Å². The summed E-state index contributed by atoms with van der Waals surface area (Å²) in [6.45, 7) is 3.70. The van der Waals surface area contributed by atoms with Gasteiger partial charge in [0.1, 0.15) is 24.0 Å². The Morgan fingerprint density at radius 3 is 2.81 bits per heavy atom. The van der Waals surface area contributed by atoms with E-state index >= 15 is 0 Å². The van der Waals surface area contributed by atoms with E-state index in [4.69, 9.17) is 19.4 Å². The predicted molar refractivity (Wildman–Crippen MR) is 115 cm³/mol. The molecular formula is C23H28N4O4. The summed E-state index contributed by atoms with van der Waals surface area (Å²) in [6.07, 6.45) is 2.11. The average molecular weight is 425 g/mol. The summed E-state index contributed by atoms with van der Waals surface area (Å²) >= 11 is 0. The molecule has 2 aliphatic rings. The molecule has 2 aliphatic heterocycles. The first kappa shape index (κ1) is 21.2. The van der Waals surface area contributed by atoms with E-state index in [9.17, 15) is 9.59 Å². The Hall–Kier alpha value is -3.00. The molecule has 1 aromatic heterocycles. The number of ether oxygens (including phenoxy) is 2. The van der Waals surface area contributed by atoms with Gasteiger partial charge in [0.2, 0.25) is 11.8 Å². The van der Waals surface area contributed by atoms with E-state index in [1.165, 1.54) is 7.11 Å². The summed E-state index contributed by atoms with van der Waals surface area (Å²) in [5, 5.41) is 0. The van der Waals surface area contributed by atoms with Crippen LogP contribution >= 0.6 is 0 Å². The molecular weight excluding hydrogens is 396 g/mol. The van der Waals surface area contributed by atoms with Gasteiger partial charge >= 0.3 is 0 Å². The van der Waals surface area contributed by atoms with E-state index in [0.29, 0.717) is 31.2 Å². The Balaban J connectivity index is 1.62. The van der Waals surface area contributed by atoms with Gasteiger partial charge in [-0.15, -0.1) is 0 Å². The largest absolute Gasteiger partial charge is 0.496 e. The molecule has 0 aliphatic carbocycles. The minimum Gasteiger partial charge on any atom is -0.496 e. The Labute approximate surface area is 182 Å². The van der Waals surface area contributed by atoms with Crippen molar-refractivity contribution in [2.24, 2.45) is 0 Å². The van der Waals surface area contributed by atoms with Gasteiger partial charge < -0.3 is 14.4 Å². The highest BCUT2D eigenvalue weighted by Gasteiger charge is 2.34. The molecule has 2 aromatic rings. The van der Waals surface area contributed by atoms with E-state index in [1.54, 1.807) is 12.0 Å². The van der Waals surface area contributed by atoms with Crippen LogP contribution in [0.2, 0.25) is 0 Å². The number of anilines is 1. The molecule has 1 atom stereocenters. The predicted octanol–water partition coefficient (Wildman–Crippen LogP) is 2.24. The second kappa shape index (κ2) is 9.01. The normalized spacial score (nSPS) is 18.3. The van der Waals surface area contributed by atoms with E-state index in [1.807, 2.05) is 36.1 Å². The molecule has 31 heavy (non-hydrogen) atoms. The summed E-state index contributed by atoms with van der Waals surface area (Å²) in [5.74, 6) is 2.16. The van der Waals surface area contributed by atoms with Crippen molar-refractivity contribution in [1.29, 1.82) is 0 Å². The third kappa shape index (κ3) is 4.25. The lowest BCUT2D eigenvalue weighted by molar-refractivity contribution is -0.136. The number of methoxy groups -OCH3 is 2. The number of likely N-dealkylation sites (tertiary alicyclic amines) is 1. The van der Waals surface area contributed by atoms with Crippen molar-refractivity contribution in [2.75, 3.05) is 38.8 Å². The lowest BCUT2D eigenvalue weighted by Crippen LogP contribution is -2.41. The van der Waals surface area contributed by atoms with Gasteiger partial charge in [0.25, 0.3) is 0 Å². The Kier molecular flexibility index (Phi) is 6.18. The van der Waals surface area contributed by atoms with Gasteiger partial charge in [0.05, 0.1) is 20.1 Å². The molecule has 2 amide bonds. The zero-order valence-corrected chi connectivity index (χ0v) is 18.3. The Bertz CT molecular complexity index is 994. The maximum Gasteiger partial charge on any atom is 0.248 e. The molecule has 1 aromatic carbocycles. The topological polar surface area (TPSA) is 84.9 Å². The number of piperidine rings is 1. The fraction of sp³-hybridized carbons (Fsp3) is 0.478. The van der Waals surface area contributed by atoms with Crippen LogP contribution in [0.3, 0.4) is 0 Å². The summed E-state index contributed by atoms with van der Waals surface area (Å²) in [4.78, 5) is 38.2. The number of carbonyl (C=O) groups excluding carboxylic acids is 2. The number of aryl methyl sites for hydroxylation is 1. The molecule has 0 N–H and O–H groups in total. The second-order valence-electron chi connectivity index (χ2n) is 8.05. The molecule has 0 unspecified atom stereocenters. The van der Waals surface area contributed by atoms with Crippen molar-refractivity contribution >= 4 is 17.6 Å². The molecule has 8 nitrogen and oxygen atoms in total. The summed E-state index contributed by atoms with van der Waals surface area (Å²) in [6, 6.07) is 7.69. The summed E-state index contributed by atoms with van der Waals surface area (Å²) in [7, 11) is 3.16. The summed E-state index contributed by atoms with van der Waals surface area (Å²) < 4.78 is 10.5. The number of aromatic nitrogens is 2.